The molecule has 0 bridgehead atoms. The molecule has 0 unspecified atom stereocenters. The lowest BCUT2D eigenvalue weighted by atomic mass is 10.00. The zero-order valence-corrected chi connectivity index (χ0v) is 14.3. The third kappa shape index (κ3) is 3.25. The van der Waals surface area contributed by atoms with Gasteiger partial charge in [0.2, 0.25) is 0 Å². The van der Waals surface area contributed by atoms with Gasteiger partial charge in [0.1, 0.15) is 0 Å². The van der Waals surface area contributed by atoms with Crippen molar-refractivity contribution >= 4 is 48.4 Å². The largest absolute Gasteiger partial charge is 0.294 e. The van der Waals surface area contributed by atoms with Crippen LogP contribution in [0.15, 0.2) is 69.6 Å². The van der Waals surface area contributed by atoms with Gasteiger partial charge in [-0.2, -0.15) is 0 Å². The Balaban J connectivity index is 1.91. The number of carbonyl (C=O) groups is 1. The third-order valence-electron chi connectivity index (χ3n) is 3.43. The van der Waals surface area contributed by atoms with Crippen molar-refractivity contribution in [3.63, 3.8) is 0 Å². The quantitative estimate of drug-likeness (QED) is 0.505. The summed E-state index contributed by atoms with van der Waals surface area (Å²) in [5.74, 6) is 0.131. The summed E-state index contributed by atoms with van der Waals surface area (Å²) in [4.78, 5) is 12.4. The zero-order valence-electron chi connectivity index (χ0n) is 11.1. The second-order valence-electron chi connectivity index (χ2n) is 4.90. The average Bonchev–Trinajstić information content (AvgIpc) is 2.49. The molecule has 3 aromatic carbocycles. The van der Waals surface area contributed by atoms with Crippen molar-refractivity contribution in [3.05, 3.63) is 80.7 Å². The first-order valence-corrected chi connectivity index (χ1v) is 8.18. The Morgan fingerprint density at radius 3 is 2.38 bits per heavy atom. The predicted octanol–water partition coefficient (Wildman–Crippen LogP) is 5.79. The number of hydrogen-bond acceptors (Lipinski definition) is 1. The number of Topliss-reactive ketones (excluding diaryl/α,β-unsaturated/α-hetero) is 1. The minimum atomic E-state index is 0.131. The molecule has 3 rings (SSSR count). The van der Waals surface area contributed by atoms with Gasteiger partial charge in [0.05, 0.1) is 0 Å². The molecule has 3 heteroatoms. The fraction of sp³-hybridized carbons (Fsp3) is 0.0556. The van der Waals surface area contributed by atoms with Crippen molar-refractivity contribution in [3.8, 4) is 0 Å². The van der Waals surface area contributed by atoms with E-state index < -0.39 is 0 Å². The molecule has 0 radical (unpaired) electrons. The summed E-state index contributed by atoms with van der Waals surface area (Å²) in [6.07, 6.45) is 0.406. The van der Waals surface area contributed by atoms with E-state index in [1.807, 2.05) is 54.6 Å². The number of halogens is 2. The van der Waals surface area contributed by atoms with E-state index in [1.165, 1.54) is 0 Å². The molecule has 0 aliphatic rings. The summed E-state index contributed by atoms with van der Waals surface area (Å²) in [5.41, 5.74) is 1.76. The monoisotopic (exact) mass is 402 g/mol. The first-order valence-electron chi connectivity index (χ1n) is 6.59. The van der Waals surface area contributed by atoms with Crippen molar-refractivity contribution in [2.24, 2.45) is 0 Å². The summed E-state index contributed by atoms with van der Waals surface area (Å²) in [6.45, 7) is 0. The Labute approximate surface area is 140 Å². The lowest BCUT2D eigenvalue weighted by Gasteiger charge is -2.06. The minimum absolute atomic E-state index is 0.131. The number of carbonyl (C=O) groups excluding carboxylic acids is 1. The molecule has 104 valence electrons. The molecule has 0 saturated heterocycles. The Kier molecular flexibility index (Phi) is 4.22. The molecule has 0 heterocycles. The summed E-state index contributed by atoms with van der Waals surface area (Å²) in [5, 5.41) is 2.21. The maximum Gasteiger partial charge on any atom is 0.167 e. The topological polar surface area (TPSA) is 17.1 Å². The minimum Gasteiger partial charge on any atom is -0.294 e. The van der Waals surface area contributed by atoms with Crippen LogP contribution < -0.4 is 0 Å². The van der Waals surface area contributed by atoms with Crippen molar-refractivity contribution < 1.29 is 4.79 Å². The molecule has 1 nitrogen and oxygen atoms in total. The van der Waals surface area contributed by atoms with Crippen LogP contribution in [0.4, 0.5) is 0 Å². The summed E-state index contributed by atoms with van der Waals surface area (Å²) in [7, 11) is 0. The first-order chi connectivity index (χ1) is 10.1. The van der Waals surface area contributed by atoms with E-state index in [0.717, 1.165) is 30.8 Å². The second kappa shape index (κ2) is 6.12. The van der Waals surface area contributed by atoms with E-state index in [2.05, 4.69) is 37.9 Å². The van der Waals surface area contributed by atoms with E-state index in [4.69, 9.17) is 0 Å². The van der Waals surface area contributed by atoms with Crippen LogP contribution in [-0.4, -0.2) is 5.78 Å². The van der Waals surface area contributed by atoms with E-state index in [1.54, 1.807) is 0 Å². The number of benzene rings is 3. The van der Waals surface area contributed by atoms with Crippen molar-refractivity contribution in [2.75, 3.05) is 0 Å². The molecule has 0 aliphatic heterocycles. The van der Waals surface area contributed by atoms with Crippen LogP contribution in [0.25, 0.3) is 10.8 Å². The highest BCUT2D eigenvalue weighted by molar-refractivity contribution is 9.10. The lowest BCUT2D eigenvalue weighted by Crippen LogP contribution is -2.04. The van der Waals surface area contributed by atoms with E-state index >= 15 is 0 Å². The van der Waals surface area contributed by atoms with Gasteiger partial charge in [-0.25, -0.2) is 0 Å². The van der Waals surface area contributed by atoms with Crippen LogP contribution in [0, 0.1) is 0 Å². The number of ketones is 1. The van der Waals surface area contributed by atoms with E-state index in [0.29, 0.717) is 6.42 Å². The smallest absolute Gasteiger partial charge is 0.167 e. The van der Waals surface area contributed by atoms with Gasteiger partial charge >= 0.3 is 0 Å². The number of rotatable bonds is 3. The maximum atomic E-state index is 12.4. The molecule has 0 fully saturated rings. The van der Waals surface area contributed by atoms with Gasteiger partial charge in [-0.3, -0.25) is 4.79 Å². The fourth-order valence-corrected chi connectivity index (χ4v) is 3.11. The van der Waals surface area contributed by atoms with Crippen LogP contribution in [0.1, 0.15) is 15.9 Å². The highest BCUT2D eigenvalue weighted by atomic mass is 79.9. The fourth-order valence-electron chi connectivity index (χ4n) is 2.31. The summed E-state index contributed by atoms with van der Waals surface area (Å²) < 4.78 is 2.02. The third-order valence-corrected chi connectivity index (χ3v) is 4.70. The highest BCUT2D eigenvalue weighted by Gasteiger charge is 2.10. The number of fused-ring (bicyclic) bond motifs is 1. The molecule has 0 N–H and O–H groups in total. The molecule has 0 spiro atoms. The summed E-state index contributed by atoms with van der Waals surface area (Å²) >= 11 is 6.95. The Hall–Kier alpha value is -1.45. The zero-order chi connectivity index (χ0) is 14.8. The molecule has 0 aliphatic carbocycles. The van der Waals surface area contributed by atoms with Crippen molar-refractivity contribution in [2.45, 2.75) is 6.42 Å². The van der Waals surface area contributed by atoms with Gasteiger partial charge in [0.15, 0.2) is 5.78 Å². The van der Waals surface area contributed by atoms with E-state index in [-0.39, 0.29) is 5.78 Å². The predicted molar refractivity (Wildman–Crippen MR) is 93.8 cm³/mol. The average molecular weight is 404 g/mol. The lowest BCUT2D eigenvalue weighted by molar-refractivity contribution is 0.0993. The normalized spacial score (nSPS) is 10.8. The van der Waals surface area contributed by atoms with Gasteiger partial charge in [-0.15, -0.1) is 0 Å². The van der Waals surface area contributed by atoms with Gasteiger partial charge in [0.25, 0.3) is 0 Å². The molecule has 0 atom stereocenters. The molecular formula is C18H12Br2O. The SMILES string of the molecule is O=C(Cc1ccccc1Br)c1ccc2cc(Br)ccc2c1. The molecule has 0 aromatic heterocycles. The molecule has 21 heavy (non-hydrogen) atoms. The van der Waals surface area contributed by atoms with Gasteiger partial charge in [-0.05, 0) is 40.6 Å². The van der Waals surface area contributed by atoms with Crippen LogP contribution in [0.5, 0.6) is 0 Å². The Morgan fingerprint density at radius 1 is 0.857 bits per heavy atom. The van der Waals surface area contributed by atoms with Crippen molar-refractivity contribution in [1.82, 2.24) is 0 Å². The van der Waals surface area contributed by atoms with Crippen LogP contribution >= 0.6 is 31.9 Å². The molecule has 3 aromatic rings. The molecule has 0 saturated carbocycles. The van der Waals surface area contributed by atoms with Crippen LogP contribution in [-0.2, 0) is 6.42 Å². The maximum absolute atomic E-state index is 12.4. The van der Waals surface area contributed by atoms with Crippen LogP contribution in [0.2, 0.25) is 0 Å². The standard InChI is InChI=1S/C18H12Br2O/c19-16-8-7-12-9-15(6-5-13(12)10-16)18(21)11-14-3-1-2-4-17(14)20/h1-10H,11H2. The van der Waals surface area contributed by atoms with Gasteiger partial charge in [-0.1, -0.05) is 68.3 Å². The molecular weight excluding hydrogens is 392 g/mol. The number of hydrogen-bond donors (Lipinski definition) is 0. The Morgan fingerprint density at radius 2 is 1.57 bits per heavy atom. The Bertz CT molecular complexity index is 824. The van der Waals surface area contributed by atoms with Gasteiger partial charge < -0.3 is 0 Å². The van der Waals surface area contributed by atoms with Gasteiger partial charge in [0, 0.05) is 20.9 Å². The van der Waals surface area contributed by atoms with E-state index in [9.17, 15) is 4.79 Å². The van der Waals surface area contributed by atoms with Crippen LogP contribution in [0.3, 0.4) is 0 Å². The first kappa shape index (κ1) is 14.5. The molecule has 0 amide bonds. The summed E-state index contributed by atoms with van der Waals surface area (Å²) in [6, 6.07) is 19.7. The second-order valence-corrected chi connectivity index (χ2v) is 6.67. The highest BCUT2D eigenvalue weighted by Crippen LogP contribution is 2.23. The van der Waals surface area contributed by atoms with Crippen molar-refractivity contribution in [1.29, 1.82) is 0 Å².